The molecule has 0 aliphatic heterocycles. The number of benzene rings is 3. The molecule has 0 aromatic heterocycles. The molecule has 0 aliphatic carbocycles. The van der Waals surface area contributed by atoms with Gasteiger partial charge in [-0.05, 0) is 34.2 Å². The molecule has 0 radical (unpaired) electrons. The average molecular weight is 413 g/mol. The van der Waals surface area contributed by atoms with Crippen LogP contribution in [0.25, 0.3) is 6.08 Å². The molecule has 3 aromatic carbocycles. The molecule has 4 nitrogen and oxygen atoms in total. The minimum Gasteiger partial charge on any atom is -0.348 e. The van der Waals surface area contributed by atoms with Gasteiger partial charge >= 0.3 is 0 Å². The standard InChI is InChI=1S/C27H28N2O2/c1-20(2)24-15-13-21(14-16-24)17-25(26(30)28-18-22-9-5-3-6-10-22)27(31)29-19-23-11-7-4-8-12-23/h3-17,20H,18-19H2,1-2H3,(H,28,30)(H,29,31). The van der Waals surface area contributed by atoms with Crippen LogP contribution in [0.1, 0.15) is 42.0 Å². The molecule has 0 bridgehead atoms. The molecule has 0 fully saturated rings. The third-order valence-electron chi connectivity index (χ3n) is 5.00. The highest BCUT2D eigenvalue weighted by Gasteiger charge is 2.18. The fourth-order valence-electron chi connectivity index (χ4n) is 3.12. The topological polar surface area (TPSA) is 58.2 Å². The normalized spacial score (nSPS) is 10.4. The largest absolute Gasteiger partial charge is 0.348 e. The van der Waals surface area contributed by atoms with Crippen LogP contribution in [0.4, 0.5) is 0 Å². The zero-order valence-electron chi connectivity index (χ0n) is 18.0. The van der Waals surface area contributed by atoms with Gasteiger partial charge in [-0.1, -0.05) is 98.8 Å². The first-order chi connectivity index (χ1) is 15.0. The number of hydrogen-bond acceptors (Lipinski definition) is 2. The van der Waals surface area contributed by atoms with Gasteiger partial charge in [0.25, 0.3) is 11.8 Å². The minimum atomic E-state index is -0.401. The summed E-state index contributed by atoms with van der Waals surface area (Å²) >= 11 is 0. The first-order valence-corrected chi connectivity index (χ1v) is 10.5. The lowest BCUT2D eigenvalue weighted by Gasteiger charge is -2.11. The van der Waals surface area contributed by atoms with Gasteiger partial charge in [0.2, 0.25) is 0 Å². The van der Waals surface area contributed by atoms with E-state index in [1.165, 1.54) is 5.56 Å². The van der Waals surface area contributed by atoms with Gasteiger partial charge in [0.15, 0.2) is 0 Å². The van der Waals surface area contributed by atoms with E-state index in [-0.39, 0.29) is 5.57 Å². The molecule has 2 amide bonds. The molecule has 2 N–H and O–H groups in total. The van der Waals surface area contributed by atoms with Gasteiger partial charge in [-0.2, -0.15) is 0 Å². The first kappa shape index (κ1) is 22.0. The summed E-state index contributed by atoms with van der Waals surface area (Å²) in [5, 5.41) is 5.72. The van der Waals surface area contributed by atoms with Crippen LogP contribution in [0.15, 0.2) is 90.5 Å². The number of carbonyl (C=O) groups excluding carboxylic acids is 2. The molecule has 0 spiro atoms. The van der Waals surface area contributed by atoms with Crippen LogP contribution in [-0.4, -0.2) is 11.8 Å². The molecular weight excluding hydrogens is 384 g/mol. The second kappa shape index (κ2) is 10.9. The van der Waals surface area contributed by atoms with Crippen molar-refractivity contribution in [1.82, 2.24) is 10.6 Å². The smallest absolute Gasteiger partial charge is 0.257 e. The van der Waals surface area contributed by atoms with Crippen molar-refractivity contribution in [3.63, 3.8) is 0 Å². The minimum absolute atomic E-state index is 0.0872. The fourth-order valence-corrected chi connectivity index (χ4v) is 3.12. The van der Waals surface area contributed by atoms with E-state index >= 15 is 0 Å². The molecule has 0 saturated heterocycles. The number of hydrogen-bond donors (Lipinski definition) is 2. The molecule has 4 heteroatoms. The Morgan fingerprint density at radius 1 is 0.710 bits per heavy atom. The van der Waals surface area contributed by atoms with E-state index in [0.29, 0.717) is 19.0 Å². The Balaban J connectivity index is 1.77. The van der Waals surface area contributed by atoms with Crippen molar-refractivity contribution >= 4 is 17.9 Å². The molecule has 0 unspecified atom stereocenters. The van der Waals surface area contributed by atoms with Crippen molar-refractivity contribution in [2.45, 2.75) is 32.9 Å². The van der Waals surface area contributed by atoms with Gasteiger partial charge in [0.1, 0.15) is 5.57 Å². The summed E-state index contributed by atoms with van der Waals surface area (Å²) in [7, 11) is 0. The highest BCUT2D eigenvalue weighted by atomic mass is 16.2. The zero-order chi connectivity index (χ0) is 22.1. The Hall–Kier alpha value is -3.66. The molecule has 3 rings (SSSR count). The van der Waals surface area contributed by atoms with Gasteiger partial charge in [0, 0.05) is 13.1 Å². The highest BCUT2D eigenvalue weighted by Crippen LogP contribution is 2.16. The Kier molecular flexibility index (Phi) is 7.77. The van der Waals surface area contributed by atoms with Gasteiger partial charge < -0.3 is 10.6 Å². The number of carbonyl (C=O) groups is 2. The fraction of sp³-hybridized carbons (Fsp3) is 0.185. The van der Waals surface area contributed by atoms with Crippen molar-refractivity contribution in [3.8, 4) is 0 Å². The van der Waals surface area contributed by atoms with Crippen molar-refractivity contribution in [2.75, 3.05) is 0 Å². The van der Waals surface area contributed by atoms with Crippen LogP contribution in [0.3, 0.4) is 0 Å². The summed E-state index contributed by atoms with van der Waals surface area (Å²) in [5.74, 6) is -0.384. The number of amides is 2. The number of rotatable bonds is 8. The van der Waals surface area contributed by atoms with Gasteiger partial charge in [-0.3, -0.25) is 9.59 Å². The van der Waals surface area contributed by atoms with Crippen LogP contribution in [0, 0.1) is 0 Å². The summed E-state index contributed by atoms with van der Waals surface area (Å²) in [4.78, 5) is 25.8. The van der Waals surface area contributed by atoms with Crippen LogP contribution in [0.5, 0.6) is 0 Å². The number of nitrogens with one attached hydrogen (secondary N) is 2. The van der Waals surface area contributed by atoms with E-state index in [1.807, 2.05) is 84.9 Å². The summed E-state index contributed by atoms with van der Waals surface area (Å²) in [6.45, 7) is 4.97. The SMILES string of the molecule is CC(C)c1ccc(C=C(C(=O)NCc2ccccc2)C(=O)NCc2ccccc2)cc1. The van der Waals surface area contributed by atoms with Crippen molar-refractivity contribution in [1.29, 1.82) is 0 Å². The molecular formula is C27H28N2O2. The summed E-state index contributed by atoms with van der Waals surface area (Å²) in [6, 6.07) is 27.2. The predicted octanol–water partition coefficient (Wildman–Crippen LogP) is 4.83. The third kappa shape index (κ3) is 6.68. The lowest BCUT2D eigenvalue weighted by Crippen LogP contribution is -2.34. The maximum Gasteiger partial charge on any atom is 0.257 e. The van der Waals surface area contributed by atoms with Crippen LogP contribution in [-0.2, 0) is 22.7 Å². The molecule has 0 heterocycles. The maximum atomic E-state index is 12.9. The highest BCUT2D eigenvalue weighted by molar-refractivity contribution is 6.21. The molecule has 0 atom stereocenters. The van der Waals surface area contributed by atoms with Gasteiger partial charge in [0.05, 0.1) is 0 Å². The Labute approximate surface area is 184 Å². The predicted molar refractivity (Wildman–Crippen MR) is 125 cm³/mol. The van der Waals surface area contributed by atoms with Crippen LogP contribution in [0.2, 0.25) is 0 Å². The summed E-state index contributed by atoms with van der Waals surface area (Å²) in [5.41, 5.74) is 4.05. The molecule has 0 aliphatic rings. The Bertz CT molecular complexity index is 966. The molecule has 158 valence electrons. The van der Waals surface area contributed by atoms with Crippen LogP contribution >= 0.6 is 0 Å². The van der Waals surface area contributed by atoms with Gasteiger partial charge in [-0.25, -0.2) is 0 Å². The van der Waals surface area contributed by atoms with E-state index in [0.717, 1.165) is 16.7 Å². The van der Waals surface area contributed by atoms with Crippen LogP contribution < -0.4 is 10.6 Å². The van der Waals surface area contributed by atoms with E-state index in [1.54, 1.807) is 6.08 Å². The van der Waals surface area contributed by atoms with E-state index < -0.39 is 11.8 Å². The van der Waals surface area contributed by atoms with Crippen molar-refractivity contribution < 1.29 is 9.59 Å². The lowest BCUT2D eigenvalue weighted by atomic mass is 10.0. The lowest BCUT2D eigenvalue weighted by molar-refractivity contribution is -0.123. The molecule has 3 aromatic rings. The maximum absolute atomic E-state index is 12.9. The van der Waals surface area contributed by atoms with E-state index in [2.05, 4.69) is 24.5 Å². The first-order valence-electron chi connectivity index (χ1n) is 10.5. The summed E-state index contributed by atoms with van der Waals surface area (Å²) < 4.78 is 0. The van der Waals surface area contributed by atoms with Crippen molar-refractivity contribution in [2.24, 2.45) is 0 Å². The Morgan fingerprint density at radius 2 is 1.16 bits per heavy atom. The monoisotopic (exact) mass is 412 g/mol. The second-order valence-electron chi connectivity index (χ2n) is 7.72. The Morgan fingerprint density at radius 3 is 1.58 bits per heavy atom. The quantitative estimate of drug-likeness (QED) is 0.316. The molecule has 0 saturated carbocycles. The zero-order valence-corrected chi connectivity index (χ0v) is 18.0. The summed E-state index contributed by atoms with van der Waals surface area (Å²) in [6.07, 6.45) is 1.64. The van der Waals surface area contributed by atoms with E-state index in [4.69, 9.17) is 0 Å². The van der Waals surface area contributed by atoms with Crippen molar-refractivity contribution in [3.05, 3.63) is 113 Å². The average Bonchev–Trinajstić information content (AvgIpc) is 2.81. The van der Waals surface area contributed by atoms with E-state index in [9.17, 15) is 9.59 Å². The second-order valence-corrected chi connectivity index (χ2v) is 7.72. The van der Waals surface area contributed by atoms with Gasteiger partial charge in [-0.15, -0.1) is 0 Å². The molecule has 31 heavy (non-hydrogen) atoms. The third-order valence-corrected chi connectivity index (χ3v) is 5.00.